The minimum Gasteiger partial charge on any atom is -0.497 e. The first-order valence-corrected chi connectivity index (χ1v) is 10.9. The topological polar surface area (TPSA) is 60.5 Å². The van der Waals surface area contributed by atoms with Gasteiger partial charge in [0, 0.05) is 43.9 Å². The van der Waals surface area contributed by atoms with Gasteiger partial charge in [0.1, 0.15) is 18.1 Å². The quantitative estimate of drug-likeness (QED) is 0.662. The van der Waals surface area contributed by atoms with Crippen LogP contribution < -0.4 is 18.9 Å². The Morgan fingerprint density at radius 2 is 1.84 bits per heavy atom. The first-order chi connectivity index (χ1) is 15.6. The minimum absolute atomic E-state index is 0.0380. The Morgan fingerprint density at radius 3 is 2.56 bits per heavy atom. The fourth-order valence-corrected chi connectivity index (χ4v) is 4.13. The second kappa shape index (κ2) is 9.96. The average molecular weight is 439 g/mol. The number of carbonyl (C=O) groups is 1. The maximum Gasteiger partial charge on any atom is 0.253 e. The number of benzene rings is 2. The zero-order valence-electron chi connectivity index (χ0n) is 18.9. The number of amides is 1. The lowest BCUT2D eigenvalue weighted by Crippen LogP contribution is -2.49. The highest BCUT2D eigenvalue weighted by atomic mass is 16.5. The number of hydrogen-bond acceptors (Lipinski definition) is 6. The molecule has 0 saturated carbocycles. The number of piperazine rings is 1. The molecule has 1 saturated heterocycles. The van der Waals surface area contributed by atoms with E-state index in [1.54, 1.807) is 14.2 Å². The second-order valence-electron chi connectivity index (χ2n) is 7.81. The van der Waals surface area contributed by atoms with Crippen molar-refractivity contribution in [3.05, 3.63) is 53.1 Å². The lowest BCUT2D eigenvalue weighted by atomic mass is 10.1. The fraction of sp³-hybridized carbons (Fsp3) is 0.400. The molecular formula is C25H30N2O5. The van der Waals surface area contributed by atoms with Gasteiger partial charge >= 0.3 is 0 Å². The maximum atomic E-state index is 13.1. The Morgan fingerprint density at radius 1 is 1.03 bits per heavy atom. The molecule has 7 heteroatoms. The van der Waals surface area contributed by atoms with Gasteiger partial charge in [-0.2, -0.15) is 0 Å². The standard InChI is InChI=1S/C25H30N2O5/c1-4-31-23-7-5-6-18-14-20(17-32-24(18)23)25(28)27-12-10-26(11-13-27)16-19-15-21(29-2)8-9-22(19)30-3/h5-9,14-15H,4,10-13,16-17H2,1-3H3. The summed E-state index contributed by atoms with van der Waals surface area (Å²) in [5, 5.41) is 0. The number of hydrogen-bond donors (Lipinski definition) is 0. The summed E-state index contributed by atoms with van der Waals surface area (Å²) in [6.07, 6.45) is 1.93. The predicted molar refractivity (Wildman–Crippen MR) is 122 cm³/mol. The third-order valence-electron chi connectivity index (χ3n) is 5.83. The SMILES string of the molecule is CCOc1cccc2c1OCC(C(=O)N1CCN(Cc3cc(OC)ccc3OC)CC1)=C2. The van der Waals surface area contributed by atoms with Crippen molar-refractivity contribution >= 4 is 12.0 Å². The summed E-state index contributed by atoms with van der Waals surface area (Å²) in [4.78, 5) is 17.4. The fourth-order valence-electron chi connectivity index (χ4n) is 4.13. The zero-order valence-corrected chi connectivity index (χ0v) is 18.9. The maximum absolute atomic E-state index is 13.1. The van der Waals surface area contributed by atoms with Crippen LogP contribution in [0, 0.1) is 0 Å². The summed E-state index contributed by atoms with van der Waals surface area (Å²) in [5.74, 6) is 3.12. The van der Waals surface area contributed by atoms with Crippen LogP contribution in [0.2, 0.25) is 0 Å². The number of fused-ring (bicyclic) bond motifs is 1. The molecule has 0 bridgehead atoms. The van der Waals surface area contributed by atoms with Gasteiger partial charge in [-0.15, -0.1) is 0 Å². The van der Waals surface area contributed by atoms with E-state index < -0.39 is 0 Å². The highest BCUT2D eigenvalue weighted by molar-refractivity contribution is 5.99. The zero-order chi connectivity index (χ0) is 22.5. The van der Waals surface area contributed by atoms with Crippen molar-refractivity contribution < 1.29 is 23.7 Å². The number of para-hydroxylation sites is 1. The predicted octanol–water partition coefficient (Wildman–Crippen LogP) is 3.22. The van der Waals surface area contributed by atoms with Crippen LogP contribution >= 0.6 is 0 Å². The van der Waals surface area contributed by atoms with Crippen LogP contribution in [0.5, 0.6) is 23.0 Å². The number of nitrogens with zero attached hydrogens (tertiary/aromatic N) is 2. The molecule has 32 heavy (non-hydrogen) atoms. The molecular weight excluding hydrogens is 408 g/mol. The molecule has 4 rings (SSSR count). The summed E-state index contributed by atoms with van der Waals surface area (Å²) in [7, 11) is 3.34. The molecule has 0 aliphatic carbocycles. The molecule has 2 aliphatic heterocycles. The van der Waals surface area contributed by atoms with Crippen LogP contribution in [0.25, 0.3) is 6.08 Å². The molecule has 7 nitrogen and oxygen atoms in total. The van der Waals surface area contributed by atoms with Crippen LogP contribution in [0.15, 0.2) is 42.0 Å². The molecule has 2 heterocycles. The smallest absolute Gasteiger partial charge is 0.253 e. The summed E-state index contributed by atoms with van der Waals surface area (Å²) >= 11 is 0. The van der Waals surface area contributed by atoms with E-state index in [1.807, 2.05) is 54.3 Å². The van der Waals surface area contributed by atoms with E-state index in [0.717, 1.165) is 42.3 Å². The van der Waals surface area contributed by atoms with Gasteiger partial charge in [0.15, 0.2) is 11.5 Å². The molecule has 0 unspecified atom stereocenters. The van der Waals surface area contributed by atoms with Crippen LogP contribution in [-0.2, 0) is 11.3 Å². The number of methoxy groups -OCH3 is 2. The van der Waals surface area contributed by atoms with Gasteiger partial charge in [-0.3, -0.25) is 9.69 Å². The molecule has 0 radical (unpaired) electrons. The van der Waals surface area contributed by atoms with Crippen molar-refractivity contribution in [2.75, 3.05) is 53.6 Å². The second-order valence-corrected chi connectivity index (χ2v) is 7.81. The normalized spacial score (nSPS) is 16.0. The average Bonchev–Trinajstić information content (AvgIpc) is 2.84. The lowest BCUT2D eigenvalue weighted by Gasteiger charge is -2.35. The molecule has 1 fully saturated rings. The van der Waals surface area contributed by atoms with Crippen molar-refractivity contribution in [2.45, 2.75) is 13.5 Å². The Bertz CT molecular complexity index is 996. The molecule has 0 N–H and O–H groups in total. The van der Waals surface area contributed by atoms with Crippen LogP contribution in [-0.4, -0.2) is 69.3 Å². The molecule has 0 aromatic heterocycles. The molecule has 2 aromatic rings. The number of ether oxygens (including phenoxy) is 4. The van der Waals surface area contributed by atoms with Gasteiger partial charge < -0.3 is 23.8 Å². The molecule has 2 aromatic carbocycles. The Balaban J connectivity index is 1.39. The summed E-state index contributed by atoms with van der Waals surface area (Å²) in [6.45, 7) is 6.47. The Hall–Kier alpha value is -3.19. The van der Waals surface area contributed by atoms with Crippen molar-refractivity contribution in [3.63, 3.8) is 0 Å². The molecule has 1 amide bonds. The Labute approximate surface area is 189 Å². The van der Waals surface area contributed by atoms with E-state index in [9.17, 15) is 4.79 Å². The minimum atomic E-state index is 0.0380. The van der Waals surface area contributed by atoms with Gasteiger partial charge in [-0.05, 0) is 37.3 Å². The number of carbonyl (C=O) groups excluding carboxylic acids is 1. The molecule has 0 spiro atoms. The lowest BCUT2D eigenvalue weighted by molar-refractivity contribution is -0.129. The monoisotopic (exact) mass is 438 g/mol. The molecule has 2 aliphatic rings. The van der Waals surface area contributed by atoms with Crippen molar-refractivity contribution in [2.24, 2.45) is 0 Å². The summed E-state index contributed by atoms with van der Waals surface area (Å²) in [6, 6.07) is 11.6. The molecule has 170 valence electrons. The highest BCUT2D eigenvalue weighted by Gasteiger charge is 2.27. The third-order valence-corrected chi connectivity index (χ3v) is 5.83. The van der Waals surface area contributed by atoms with Gasteiger partial charge in [0.05, 0.1) is 26.4 Å². The van der Waals surface area contributed by atoms with Crippen molar-refractivity contribution in [1.29, 1.82) is 0 Å². The number of rotatable bonds is 7. The van der Waals surface area contributed by atoms with E-state index in [1.165, 1.54) is 0 Å². The van der Waals surface area contributed by atoms with Crippen molar-refractivity contribution in [1.82, 2.24) is 9.80 Å². The first-order valence-electron chi connectivity index (χ1n) is 10.9. The van der Waals surface area contributed by atoms with E-state index in [0.29, 0.717) is 36.8 Å². The Kier molecular flexibility index (Phi) is 6.85. The van der Waals surface area contributed by atoms with E-state index >= 15 is 0 Å². The third kappa shape index (κ3) is 4.67. The van der Waals surface area contributed by atoms with E-state index in [4.69, 9.17) is 18.9 Å². The molecule has 0 atom stereocenters. The summed E-state index contributed by atoms with van der Waals surface area (Å²) in [5.41, 5.74) is 2.64. The van der Waals surface area contributed by atoms with Gasteiger partial charge in [0.2, 0.25) is 0 Å². The summed E-state index contributed by atoms with van der Waals surface area (Å²) < 4.78 is 22.4. The van der Waals surface area contributed by atoms with Gasteiger partial charge in [-0.25, -0.2) is 0 Å². The van der Waals surface area contributed by atoms with Crippen molar-refractivity contribution in [3.8, 4) is 23.0 Å². The van der Waals surface area contributed by atoms with Crippen LogP contribution in [0.4, 0.5) is 0 Å². The largest absolute Gasteiger partial charge is 0.497 e. The van der Waals surface area contributed by atoms with Crippen LogP contribution in [0.1, 0.15) is 18.1 Å². The van der Waals surface area contributed by atoms with Gasteiger partial charge in [-0.1, -0.05) is 12.1 Å². The highest BCUT2D eigenvalue weighted by Crippen LogP contribution is 2.36. The van der Waals surface area contributed by atoms with Crippen LogP contribution in [0.3, 0.4) is 0 Å². The van der Waals surface area contributed by atoms with E-state index in [-0.39, 0.29) is 12.5 Å². The first kappa shape index (κ1) is 22.0. The van der Waals surface area contributed by atoms with Gasteiger partial charge in [0.25, 0.3) is 5.91 Å². The van der Waals surface area contributed by atoms with E-state index in [2.05, 4.69) is 4.90 Å².